The molecule has 6 heteroatoms. The summed E-state index contributed by atoms with van der Waals surface area (Å²) in [5.74, 6) is 0.213. The van der Waals surface area contributed by atoms with Gasteiger partial charge in [-0.2, -0.15) is 4.98 Å². The molecule has 1 N–H and O–H groups in total. The maximum absolute atomic E-state index is 11.8. The molecule has 1 aromatic heterocycles. The van der Waals surface area contributed by atoms with Crippen LogP contribution in [0.5, 0.6) is 0 Å². The molecule has 0 aliphatic rings. The van der Waals surface area contributed by atoms with E-state index in [2.05, 4.69) is 15.5 Å². The topological polar surface area (TPSA) is 77.2 Å². The molecule has 3 aromatic rings. The zero-order valence-corrected chi connectivity index (χ0v) is 13.7. The monoisotopic (exact) mass is 335 g/mol. The second-order valence-electron chi connectivity index (χ2n) is 5.09. The zero-order valence-electron chi connectivity index (χ0n) is 13.7. The van der Waals surface area contributed by atoms with E-state index in [1.54, 1.807) is 6.92 Å². The molecule has 2 aromatic carbocycles. The van der Waals surface area contributed by atoms with Crippen LogP contribution in [0.4, 0.5) is 5.95 Å². The number of ether oxygens (including phenoxy) is 1. The first kappa shape index (κ1) is 16.4. The van der Waals surface area contributed by atoms with Crippen LogP contribution in [0.2, 0.25) is 0 Å². The fourth-order valence-corrected chi connectivity index (χ4v) is 2.20. The second-order valence-corrected chi connectivity index (χ2v) is 5.09. The SMILES string of the molecule is CCOC(=O)/C=C(/Nc1noc(-c2ccccc2)n1)c1ccccc1. The van der Waals surface area contributed by atoms with Gasteiger partial charge in [0.15, 0.2) is 0 Å². The van der Waals surface area contributed by atoms with Crippen LogP contribution in [-0.4, -0.2) is 22.7 Å². The van der Waals surface area contributed by atoms with Crippen LogP contribution >= 0.6 is 0 Å². The van der Waals surface area contributed by atoms with Gasteiger partial charge in [0.1, 0.15) is 0 Å². The van der Waals surface area contributed by atoms with E-state index in [9.17, 15) is 4.79 Å². The van der Waals surface area contributed by atoms with E-state index in [-0.39, 0.29) is 5.95 Å². The highest BCUT2D eigenvalue weighted by atomic mass is 16.5. The number of carbonyl (C=O) groups excluding carboxylic acids is 1. The van der Waals surface area contributed by atoms with Gasteiger partial charge in [0.25, 0.3) is 11.8 Å². The lowest BCUT2D eigenvalue weighted by Gasteiger charge is -2.07. The largest absolute Gasteiger partial charge is 0.463 e. The van der Waals surface area contributed by atoms with Crippen LogP contribution in [0.3, 0.4) is 0 Å². The number of anilines is 1. The van der Waals surface area contributed by atoms with E-state index in [0.717, 1.165) is 11.1 Å². The quantitative estimate of drug-likeness (QED) is 0.546. The van der Waals surface area contributed by atoms with Gasteiger partial charge in [0.05, 0.1) is 12.3 Å². The van der Waals surface area contributed by atoms with Crippen LogP contribution in [0, 0.1) is 0 Å². The summed E-state index contributed by atoms with van der Waals surface area (Å²) >= 11 is 0. The number of nitrogens with zero attached hydrogens (tertiary/aromatic N) is 2. The number of aromatic nitrogens is 2. The molecule has 0 unspecified atom stereocenters. The number of hydrogen-bond acceptors (Lipinski definition) is 6. The van der Waals surface area contributed by atoms with Crippen molar-refractivity contribution in [2.75, 3.05) is 11.9 Å². The molecule has 0 atom stereocenters. The fraction of sp³-hybridized carbons (Fsp3) is 0.105. The van der Waals surface area contributed by atoms with Gasteiger partial charge in [-0.3, -0.25) is 0 Å². The van der Waals surface area contributed by atoms with E-state index in [1.165, 1.54) is 6.08 Å². The van der Waals surface area contributed by atoms with Crippen LogP contribution in [0.1, 0.15) is 12.5 Å². The number of rotatable bonds is 6. The van der Waals surface area contributed by atoms with E-state index < -0.39 is 5.97 Å². The van der Waals surface area contributed by atoms with Crippen LogP contribution in [0.25, 0.3) is 17.2 Å². The Kier molecular flexibility index (Phi) is 5.21. The first-order valence-corrected chi connectivity index (χ1v) is 7.86. The average molecular weight is 335 g/mol. The lowest BCUT2D eigenvalue weighted by atomic mass is 10.1. The molecule has 25 heavy (non-hydrogen) atoms. The zero-order chi connectivity index (χ0) is 17.5. The molecule has 0 saturated carbocycles. The smallest absolute Gasteiger partial charge is 0.332 e. The van der Waals surface area contributed by atoms with Gasteiger partial charge in [-0.25, -0.2) is 4.79 Å². The lowest BCUT2D eigenvalue weighted by Crippen LogP contribution is -2.06. The third-order valence-corrected chi connectivity index (χ3v) is 3.33. The molecule has 3 rings (SSSR count). The van der Waals surface area contributed by atoms with E-state index in [4.69, 9.17) is 9.26 Å². The van der Waals surface area contributed by atoms with Crippen molar-refractivity contribution in [3.8, 4) is 11.5 Å². The van der Waals surface area contributed by atoms with Crippen molar-refractivity contribution < 1.29 is 14.1 Å². The number of hydrogen-bond donors (Lipinski definition) is 1. The van der Waals surface area contributed by atoms with Gasteiger partial charge in [0, 0.05) is 11.6 Å². The molecular formula is C19H17N3O3. The number of benzene rings is 2. The van der Waals surface area contributed by atoms with Crippen molar-refractivity contribution >= 4 is 17.6 Å². The van der Waals surface area contributed by atoms with Gasteiger partial charge in [-0.15, -0.1) is 0 Å². The third kappa shape index (κ3) is 4.32. The predicted molar refractivity (Wildman–Crippen MR) is 94.4 cm³/mol. The molecule has 6 nitrogen and oxygen atoms in total. The minimum absolute atomic E-state index is 0.262. The minimum atomic E-state index is -0.444. The Hall–Kier alpha value is -3.41. The summed E-state index contributed by atoms with van der Waals surface area (Å²) in [7, 11) is 0. The molecule has 1 heterocycles. The lowest BCUT2D eigenvalue weighted by molar-refractivity contribution is -0.137. The first-order valence-electron chi connectivity index (χ1n) is 7.86. The average Bonchev–Trinajstić information content (AvgIpc) is 3.11. The Bertz CT molecular complexity index is 858. The van der Waals surface area contributed by atoms with Crippen LogP contribution < -0.4 is 5.32 Å². The Labute approximate surface area is 145 Å². The molecule has 126 valence electrons. The highest BCUT2D eigenvalue weighted by molar-refractivity contribution is 5.93. The third-order valence-electron chi connectivity index (χ3n) is 3.33. The second kappa shape index (κ2) is 7.92. The molecule has 0 spiro atoms. The van der Waals surface area contributed by atoms with Crippen molar-refractivity contribution in [1.29, 1.82) is 0 Å². The summed E-state index contributed by atoms with van der Waals surface area (Å²) in [4.78, 5) is 16.2. The molecule has 0 aliphatic carbocycles. The molecule has 0 bridgehead atoms. The van der Waals surface area contributed by atoms with Crippen LogP contribution in [0.15, 0.2) is 71.3 Å². The van der Waals surface area contributed by atoms with Gasteiger partial charge in [0.2, 0.25) is 0 Å². The maximum Gasteiger partial charge on any atom is 0.332 e. The van der Waals surface area contributed by atoms with Gasteiger partial charge < -0.3 is 14.6 Å². The van der Waals surface area contributed by atoms with Crippen molar-refractivity contribution in [1.82, 2.24) is 10.1 Å². The van der Waals surface area contributed by atoms with Crippen molar-refractivity contribution in [2.24, 2.45) is 0 Å². The Balaban J connectivity index is 1.86. The van der Waals surface area contributed by atoms with Crippen molar-refractivity contribution in [3.63, 3.8) is 0 Å². The van der Waals surface area contributed by atoms with Crippen molar-refractivity contribution in [2.45, 2.75) is 6.92 Å². The predicted octanol–water partition coefficient (Wildman–Crippen LogP) is 3.75. The fourth-order valence-electron chi connectivity index (χ4n) is 2.20. The molecule has 0 fully saturated rings. The number of esters is 1. The summed E-state index contributed by atoms with van der Waals surface area (Å²) < 4.78 is 10.3. The Morgan fingerprint density at radius 3 is 2.48 bits per heavy atom. The van der Waals surface area contributed by atoms with E-state index in [1.807, 2.05) is 60.7 Å². The van der Waals surface area contributed by atoms with Gasteiger partial charge in [-0.1, -0.05) is 48.5 Å². The summed E-state index contributed by atoms with van der Waals surface area (Å²) in [6.45, 7) is 2.06. The first-order chi connectivity index (χ1) is 12.3. The van der Waals surface area contributed by atoms with Crippen LogP contribution in [-0.2, 0) is 9.53 Å². The van der Waals surface area contributed by atoms with Gasteiger partial charge in [-0.05, 0) is 29.8 Å². The molecule has 0 saturated heterocycles. The summed E-state index contributed by atoms with van der Waals surface area (Å²) in [5.41, 5.74) is 2.15. The Morgan fingerprint density at radius 2 is 1.80 bits per heavy atom. The number of carbonyl (C=O) groups is 1. The highest BCUT2D eigenvalue weighted by Gasteiger charge is 2.12. The summed E-state index contributed by atoms with van der Waals surface area (Å²) in [6.07, 6.45) is 1.37. The Morgan fingerprint density at radius 1 is 1.12 bits per heavy atom. The summed E-state index contributed by atoms with van der Waals surface area (Å²) in [5, 5.41) is 6.94. The van der Waals surface area contributed by atoms with Gasteiger partial charge >= 0.3 is 5.97 Å². The normalized spacial score (nSPS) is 11.2. The molecule has 0 amide bonds. The molecular weight excluding hydrogens is 318 g/mol. The van der Waals surface area contributed by atoms with E-state index >= 15 is 0 Å². The van der Waals surface area contributed by atoms with E-state index in [0.29, 0.717) is 18.2 Å². The highest BCUT2D eigenvalue weighted by Crippen LogP contribution is 2.21. The molecule has 0 aliphatic heterocycles. The van der Waals surface area contributed by atoms with Crippen molar-refractivity contribution in [3.05, 3.63) is 72.3 Å². The summed E-state index contributed by atoms with van der Waals surface area (Å²) in [6, 6.07) is 18.8. The number of nitrogens with one attached hydrogen (secondary N) is 1. The molecule has 0 radical (unpaired) electrons. The maximum atomic E-state index is 11.8. The standard InChI is InChI=1S/C19H17N3O3/c1-2-24-17(23)13-16(14-9-5-3-6-10-14)20-19-21-18(25-22-19)15-11-7-4-8-12-15/h3-13H,2H2,1H3,(H,20,22)/b16-13+. The minimum Gasteiger partial charge on any atom is -0.463 e.